The van der Waals surface area contributed by atoms with Crippen molar-refractivity contribution in [2.75, 3.05) is 26.4 Å². The van der Waals surface area contributed by atoms with E-state index in [-0.39, 0.29) is 22.9 Å². The normalized spacial score (nSPS) is 14.9. The molecule has 5 nitrogen and oxygen atoms in total. The molecular weight excluding hydrogens is 252 g/mol. The van der Waals surface area contributed by atoms with Gasteiger partial charge in [0.2, 0.25) is 17.3 Å². The van der Waals surface area contributed by atoms with Gasteiger partial charge in [-0.2, -0.15) is 0 Å². The quantitative estimate of drug-likeness (QED) is 0.755. The zero-order valence-corrected chi connectivity index (χ0v) is 11.1. The summed E-state index contributed by atoms with van der Waals surface area (Å²) in [5, 5.41) is 3.49. The molecule has 0 spiro atoms. The van der Waals surface area contributed by atoms with Gasteiger partial charge in [-0.3, -0.25) is 9.59 Å². The molecule has 2 rings (SSSR count). The van der Waals surface area contributed by atoms with Gasteiger partial charge < -0.3 is 9.42 Å². The largest absolute Gasteiger partial charge is 0.352 e. The molecular formula is C12H14N2O3S. The molecule has 96 valence electrons. The number of carbonyl (C=O) groups is 2. The van der Waals surface area contributed by atoms with Gasteiger partial charge in [0.25, 0.3) is 0 Å². The van der Waals surface area contributed by atoms with Crippen LogP contribution in [0.2, 0.25) is 0 Å². The molecule has 0 radical (unpaired) electrons. The maximum absolute atomic E-state index is 12.0. The van der Waals surface area contributed by atoms with Gasteiger partial charge in [-0.1, -0.05) is 5.16 Å². The molecule has 6 heteroatoms. The maximum Gasteiger partial charge on any atom is 0.225 e. The Balaban J connectivity index is 1.98. The van der Waals surface area contributed by atoms with E-state index >= 15 is 0 Å². The first-order chi connectivity index (χ1) is 8.59. The summed E-state index contributed by atoms with van der Waals surface area (Å²) in [6.07, 6.45) is 3.62. The van der Waals surface area contributed by atoms with Crippen molar-refractivity contribution in [1.29, 1.82) is 0 Å². The molecule has 0 amide bonds. The van der Waals surface area contributed by atoms with E-state index < -0.39 is 0 Å². The van der Waals surface area contributed by atoms with Gasteiger partial charge >= 0.3 is 0 Å². The minimum absolute atomic E-state index is 0.0534. The second-order valence-electron chi connectivity index (χ2n) is 4.28. The fraction of sp³-hybridized carbons (Fsp3) is 0.417. The minimum atomic E-state index is -0.280. The van der Waals surface area contributed by atoms with Crippen molar-refractivity contribution in [3.63, 3.8) is 0 Å². The third-order valence-electron chi connectivity index (χ3n) is 2.53. The summed E-state index contributed by atoms with van der Waals surface area (Å²) >= 11 is 1.41. The van der Waals surface area contributed by atoms with Crippen molar-refractivity contribution >= 4 is 23.3 Å². The highest BCUT2D eigenvalue weighted by molar-refractivity contribution is 8.04. The van der Waals surface area contributed by atoms with Crippen molar-refractivity contribution in [3.05, 3.63) is 28.5 Å². The number of allylic oxidation sites excluding steroid dienone is 2. The fourth-order valence-electron chi connectivity index (χ4n) is 1.63. The molecule has 1 aromatic heterocycles. The second-order valence-corrected chi connectivity index (χ2v) is 5.41. The number of nitrogens with zero attached hydrogens (tertiary/aromatic N) is 2. The number of Topliss-reactive ketones (excluding diaryl/α,β-unsaturated/α-hetero) is 1. The molecule has 18 heavy (non-hydrogen) atoms. The van der Waals surface area contributed by atoms with Gasteiger partial charge in [0, 0.05) is 6.08 Å². The summed E-state index contributed by atoms with van der Waals surface area (Å²) in [6, 6.07) is 0. The summed E-state index contributed by atoms with van der Waals surface area (Å²) in [4.78, 5) is 26.2. The van der Waals surface area contributed by atoms with Gasteiger partial charge in [0.05, 0.1) is 16.7 Å². The summed E-state index contributed by atoms with van der Waals surface area (Å²) in [5.41, 5.74) is 0.276. The average Bonchev–Trinajstić information content (AvgIpc) is 2.80. The Morgan fingerprint density at radius 2 is 2.17 bits per heavy atom. The zero-order chi connectivity index (χ0) is 13.1. The molecule has 0 bridgehead atoms. The molecule has 0 saturated carbocycles. The van der Waals surface area contributed by atoms with E-state index in [0.717, 1.165) is 18.7 Å². The van der Waals surface area contributed by atoms with Crippen LogP contribution in [0.1, 0.15) is 27.3 Å². The predicted molar refractivity (Wildman–Crippen MR) is 68.9 cm³/mol. The van der Waals surface area contributed by atoms with Crippen molar-refractivity contribution in [3.8, 4) is 0 Å². The van der Waals surface area contributed by atoms with E-state index in [1.54, 1.807) is 0 Å². The lowest BCUT2D eigenvalue weighted by molar-refractivity contribution is 0.0967. The Morgan fingerprint density at radius 1 is 1.39 bits per heavy atom. The monoisotopic (exact) mass is 266 g/mol. The van der Waals surface area contributed by atoms with Crippen LogP contribution in [0.3, 0.4) is 0 Å². The summed E-state index contributed by atoms with van der Waals surface area (Å²) in [7, 11) is 4.01. The Bertz CT molecular complexity index is 505. The Morgan fingerprint density at radius 3 is 2.89 bits per heavy atom. The lowest BCUT2D eigenvalue weighted by atomic mass is 10.0. The van der Waals surface area contributed by atoms with E-state index in [2.05, 4.69) is 10.1 Å². The number of rotatable bonds is 5. The highest BCUT2D eigenvalue weighted by atomic mass is 32.2. The topological polar surface area (TPSA) is 63.4 Å². The number of fused-ring (bicyclic) bond motifs is 1. The summed E-state index contributed by atoms with van der Waals surface area (Å²) in [5.74, 6) is 0.416. The molecule has 0 fully saturated rings. The summed E-state index contributed by atoms with van der Waals surface area (Å²) < 4.78 is 4.76. The van der Waals surface area contributed by atoms with Gasteiger partial charge in [-0.25, -0.2) is 0 Å². The highest BCUT2D eigenvalue weighted by Crippen LogP contribution is 2.28. The van der Waals surface area contributed by atoms with Crippen LogP contribution in [0, 0.1) is 0 Å². The molecule has 0 unspecified atom stereocenters. The summed E-state index contributed by atoms with van der Waals surface area (Å²) in [6.45, 7) is 0.959. The second kappa shape index (κ2) is 5.49. The van der Waals surface area contributed by atoms with Gasteiger partial charge in [-0.15, -0.1) is 11.8 Å². The van der Waals surface area contributed by atoms with Crippen molar-refractivity contribution in [2.45, 2.75) is 6.42 Å². The molecule has 1 aliphatic rings. The standard InChI is InChI=1S/C12H14N2O3S/c1-14(2)4-3-5-18-10-6-9(15)12-8(11(10)16)7-13-17-12/h6-7H,3-5H2,1-2H3. The van der Waals surface area contributed by atoms with Crippen LogP contribution in [-0.4, -0.2) is 48.0 Å². The maximum atomic E-state index is 12.0. The first-order valence-corrected chi connectivity index (χ1v) is 6.61. The molecule has 0 saturated heterocycles. The van der Waals surface area contributed by atoms with Gasteiger partial charge in [0.15, 0.2) is 0 Å². The number of hydrogen-bond acceptors (Lipinski definition) is 6. The SMILES string of the molecule is CN(C)CCCSC1=CC(=O)c2oncc2C1=O. The Labute approximate surface area is 109 Å². The number of carbonyl (C=O) groups excluding carboxylic acids is 2. The Hall–Kier alpha value is -1.40. The molecule has 1 heterocycles. The van der Waals surface area contributed by atoms with E-state index in [4.69, 9.17) is 4.52 Å². The lowest BCUT2D eigenvalue weighted by Crippen LogP contribution is -2.15. The fourth-order valence-corrected chi connectivity index (χ4v) is 2.56. The van der Waals surface area contributed by atoms with E-state index in [1.807, 2.05) is 14.1 Å². The van der Waals surface area contributed by atoms with Gasteiger partial charge in [-0.05, 0) is 32.8 Å². The number of aromatic nitrogens is 1. The first-order valence-electron chi connectivity index (χ1n) is 5.62. The third kappa shape index (κ3) is 2.70. The van der Waals surface area contributed by atoms with Crippen molar-refractivity contribution in [2.24, 2.45) is 0 Å². The Kier molecular flexibility index (Phi) is 3.98. The van der Waals surface area contributed by atoms with Crippen LogP contribution in [0.4, 0.5) is 0 Å². The highest BCUT2D eigenvalue weighted by Gasteiger charge is 2.29. The number of hydrogen-bond donors (Lipinski definition) is 0. The van der Waals surface area contributed by atoms with E-state index in [9.17, 15) is 9.59 Å². The van der Waals surface area contributed by atoms with Crippen LogP contribution in [-0.2, 0) is 0 Å². The zero-order valence-electron chi connectivity index (χ0n) is 10.3. The molecule has 0 aromatic carbocycles. The smallest absolute Gasteiger partial charge is 0.225 e. The van der Waals surface area contributed by atoms with Crippen molar-refractivity contribution in [1.82, 2.24) is 10.1 Å². The molecule has 0 atom stereocenters. The van der Waals surface area contributed by atoms with Crippen LogP contribution in [0.15, 0.2) is 21.7 Å². The predicted octanol–water partition coefficient (Wildman–Crippen LogP) is 1.62. The third-order valence-corrected chi connectivity index (χ3v) is 3.64. The molecule has 0 N–H and O–H groups in total. The van der Waals surface area contributed by atoms with Crippen LogP contribution < -0.4 is 0 Å². The first kappa shape index (κ1) is 13.0. The molecule has 0 aliphatic heterocycles. The van der Waals surface area contributed by atoms with Crippen LogP contribution >= 0.6 is 11.8 Å². The van der Waals surface area contributed by atoms with Crippen LogP contribution in [0.25, 0.3) is 0 Å². The van der Waals surface area contributed by atoms with E-state index in [0.29, 0.717) is 4.91 Å². The van der Waals surface area contributed by atoms with Crippen molar-refractivity contribution < 1.29 is 14.1 Å². The van der Waals surface area contributed by atoms with Crippen LogP contribution in [0.5, 0.6) is 0 Å². The molecule has 1 aliphatic carbocycles. The number of thioether (sulfide) groups is 1. The van der Waals surface area contributed by atoms with Gasteiger partial charge in [0.1, 0.15) is 0 Å². The minimum Gasteiger partial charge on any atom is -0.352 e. The van der Waals surface area contributed by atoms with E-state index in [1.165, 1.54) is 24.0 Å². The number of ketones is 2. The average molecular weight is 266 g/mol. The lowest BCUT2D eigenvalue weighted by Gasteiger charge is -2.11. The molecule has 1 aromatic rings.